The van der Waals surface area contributed by atoms with Crippen molar-refractivity contribution in [2.45, 2.75) is 13.3 Å². The summed E-state index contributed by atoms with van der Waals surface area (Å²) in [4.78, 5) is 10.5. The fourth-order valence-electron chi connectivity index (χ4n) is 7.73. The predicted octanol–water partition coefficient (Wildman–Crippen LogP) is 13.6. The second-order valence-corrected chi connectivity index (χ2v) is 14.8. The van der Waals surface area contributed by atoms with E-state index in [1.165, 1.54) is 25.7 Å². The molecule has 1 aliphatic rings. The second kappa shape index (κ2) is 13.0. The molecule has 0 saturated carbocycles. The van der Waals surface area contributed by atoms with Crippen molar-refractivity contribution in [3.05, 3.63) is 187 Å². The van der Waals surface area contributed by atoms with Crippen molar-refractivity contribution >= 4 is 70.7 Å². The lowest BCUT2D eigenvalue weighted by atomic mass is 9.93. The normalized spacial score (nSPS) is 17.9. The Hall–Kier alpha value is -6.36. The van der Waals surface area contributed by atoms with Crippen molar-refractivity contribution in [1.29, 1.82) is 0 Å². The summed E-state index contributed by atoms with van der Waals surface area (Å²) in [6.45, 7) is 2.25. The zero-order valence-corrected chi connectivity index (χ0v) is 30.0. The Morgan fingerprint density at radius 1 is 0.509 bits per heavy atom. The molecule has 0 unspecified atom stereocenters. The standard InChI is InChI=1S/C49H34N2OS/c1-31-28-29-43(50-49(33-16-6-3-7-17-33)51-45(31)32-14-4-2-5-15-32)35-19-10-18-34(30-35)36-21-11-22-38-39-23-12-24-40(47(39)52-46(36)38)42-26-13-25-41-37-20-8-9-27-44(37)53-48(41)42/h2-27,29-31H,28H2,1H3/b43-29+,50-49-,51-45+/t31-/m1/s1. The molecule has 252 valence electrons. The highest BCUT2D eigenvalue weighted by Gasteiger charge is 2.20. The molecule has 0 aliphatic carbocycles. The van der Waals surface area contributed by atoms with Crippen molar-refractivity contribution in [1.82, 2.24) is 0 Å². The maximum Gasteiger partial charge on any atom is 0.160 e. The number of thiophene rings is 1. The molecule has 7 aromatic carbocycles. The van der Waals surface area contributed by atoms with Crippen LogP contribution in [0.2, 0.25) is 0 Å². The summed E-state index contributed by atoms with van der Waals surface area (Å²) in [5.74, 6) is 0.926. The average molecular weight is 699 g/mol. The first-order valence-electron chi connectivity index (χ1n) is 18.1. The highest BCUT2D eigenvalue weighted by Crippen LogP contribution is 2.44. The van der Waals surface area contributed by atoms with E-state index in [9.17, 15) is 0 Å². The first kappa shape index (κ1) is 31.4. The van der Waals surface area contributed by atoms with Gasteiger partial charge in [0, 0.05) is 64.7 Å². The molecule has 3 nitrogen and oxygen atoms in total. The zero-order valence-electron chi connectivity index (χ0n) is 29.2. The van der Waals surface area contributed by atoms with Crippen LogP contribution in [0.3, 0.4) is 0 Å². The van der Waals surface area contributed by atoms with E-state index in [4.69, 9.17) is 14.4 Å². The minimum Gasteiger partial charge on any atom is -0.455 e. The van der Waals surface area contributed by atoms with Crippen molar-refractivity contribution in [3.8, 4) is 22.3 Å². The molecule has 1 atom stereocenters. The van der Waals surface area contributed by atoms with E-state index in [0.717, 1.165) is 73.1 Å². The Morgan fingerprint density at radius 2 is 1.09 bits per heavy atom. The Labute approximate surface area is 311 Å². The van der Waals surface area contributed by atoms with Gasteiger partial charge in [-0.3, -0.25) is 0 Å². The largest absolute Gasteiger partial charge is 0.455 e. The maximum absolute atomic E-state index is 6.96. The van der Waals surface area contributed by atoms with Gasteiger partial charge in [-0.15, -0.1) is 11.3 Å². The van der Waals surface area contributed by atoms with E-state index in [2.05, 4.69) is 153 Å². The van der Waals surface area contributed by atoms with Crippen molar-refractivity contribution in [2.24, 2.45) is 15.9 Å². The minimum absolute atomic E-state index is 0.210. The van der Waals surface area contributed by atoms with Gasteiger partial charge in [-0.1, -0.05) is 165 Å². The third-order valence-electron chi connectivity index (χ3n) is 10.4. The Balaban J connectivity index is 1.10. The second-order valence-electron chi connectivity index (χ2n) is 13.7. The van der Waals surface area contributed by atoms with Crippen LogP contribution in [-0.2, 0) is 0 Å². The number of benzene rings is 7. The topological polar surface area (TPSA) is 37.9 Å². The molecule has 3 heterocycles. The van der Waals surface area contributed by atoms with Crippen LogP contribution < -0.4 is 0 Å². The molecule has 0 bridgehead atoms. The molecule has 0 amide bonds. The van der Waals surface area contributed by atoms with Crippen LogP contribution in [0.1, 0.15) is 30.0 Å². The summed E-state index contributed by atoms with van der Waals surface area (Å²) in [5, 5.41) is 4.81. The van der Waals surface area contributed by atoms with Crippen molar-refractivity contribution in [3.63, 3.8) is 0 Å². The van der Waals surface area contributed by atoms with Crippen LogP contribution in [0.25, 0.3) is 70.1 Å². The van der Waals surface area contributed by atoms with Crippen LogP contribution in [-0.4, -0.2) is 11.5 Å². The molecule has 4 heteroatoms. The molecule has 53 heavy (non-hydrogen) atoms. The van der Waals surface area contributed by atoms with Gasteiger partial charge < -0.3 is 4.42 Å². The van der Waals surface area contributed by atoms with E-state index < -0.39 is 0 Å². The van der Waals surface area contributed by atoms with E-state index in [-0.39, 0.29) is 5.92 Å². The Bertz CT molecular complexity index is 2930. The third-order valence-corrected chi connectivity index (χ3v) is 11.6. The third kappa shape index (κ3) is 5.51. The lowest BCUT2D eigenvalue weighted by Gasteiger charge is -2.18. The number of allylic oxidation sites excluding steroid dienone is 1. The number of furan rings is 1. The number of para-hydroxylation sites is 2. The summed E-state index contributed by atoms with van der Waals surface area (Å²) >= 11 is 1.85. The number of aliphatic imine (C=N–C) groups is 2. The molecule has 10 rings (SSSR count). The van der Waals surface area contributed by atoms with Gasteiger partial charge in [-0.05, 0) is 29.7 Å². The van der Waals surface area contributed by atoms with Crippen LogP contribution in [0, 0.1) is 5.92 Å². The Kier molecular flexibility index (Phi) is 7.70. The molecule has 2 aromatic heterocycles. The van der Waals surface area contributed by atoms with Crippen LogP contribution in [0.15, 0.2) is 184 Å². The fraction of sp³-hybridized carbons (Fsp3) is 0.0612. The lowest BCUT2D eigenvalue weighted by Crippen LogP contribution is -2.17. The first-order valence-corrected chi connectivity index (χ1v) is 19.0. The van der Waals surface area contributed by atoms with Crippen molar-refractivity contribution < 1.29 is 4.42 Å². The molecule has 0 N–H and O–H groups in total. The molecule has 0 fully saturated rings. The molecular formula is C49H34N2OS. The highest BCUT2D eigenvalue weighted by atomic mass is 32.1. The summed E-state index contributed by atoms with van der Waals surface area (Å²) in [7, 11) is 0. The van der Waals surface area contributed by atoms with E-state index in [1.807, 2.05) is 35.6 Å². The van der Waals surface area contributed by atoms with Crippen LogP contribution >= 0.6 is 11.3 Å². The lowest BCUT2D eigenvalue weighted by molar-refractivity contribution is 0.671. The maximum atomic E-state index is 6.96. The quantitative estimate of drug-likeness (QED) is 0.176. The highest BCUT2D eigenvalue weighted by molar-refractivity contribution is 7.26. The van der Waals surface area contributed by atoms with Gasteiger partial charge in [0.05, 0.1) is 11.4 Å². The van der Waals surface area contributed by atoms with Gasteiger partial charge >= 0.3 is 0 Å². The van der Waals surface area contributed by atoms with Crippen LogP contribution in [0.4, 0.5) is 0 Å². The molecule has 9 aromatic rings. The SMILES string of the molecule is C[C@@H]1C/C=C(c2cccc(-c3cccc4c3oc3c(-c5cccc6c5sc5ccccc56)cccc34)c2)/N=C(c2ccccc2)\N=C/1c1ccccc1. The molecule has 0 saturated heterocycles. The number of nitrogens with zero attached hydrogens (tertiary/aromatic N) is 2. The van der Waals surface area contributed by atoms with E-state index in [0.29, 0.717) is 5.84 Å². The van der Waals surface area contributed by atoms with Gasteiger partial charge in [-0.25, -0.2) is 9.98 Å². The van der Waals surface area contributed by atoms with Gasteiger partial charge in [0.2, 0.25) is 0 Å². The van der Waals surface area contributed by atoms with Gasteiger partial charge in [0.25, 0.3) is 0 Å². The number of hydrogen-bond donors (Lipinski definition) is 0. The van der Waals surface area contributed by atoms with Gasteiger partial charge in [0.1, 0.15) is 11.2 Å². The minimum atomic E-state index is 0.210. The van der Waals surface area contributed by atoms with E-state index >= 15 is 0 Å². The average Bonchev–Trinajstić information content (AvgIpc) is 3.79. The number of fused-ring (bicyclic) bond motifs is 6. The van der Waals surface area contributed by atoms with Crippen molar-refractivity contribution in [2.75, 3.05) is 0 Å². The fourth-order valence-corrected chi connectivity index (χ4v) is 8.96. The van der Waals surface area contributed by atoms with E-state index in [1.54, 1.807) is 0 Å². The van der Waals surface area contributed by atoms with Gasteiger partial charge in [-0.2, -0.15) is 0 Å². The number of amidine groups is 1. The summed E-state index contributed by atoms with van der Waals surface area (Å²) in [6, 6.07) is 57.8. The van der Waals surface area contributed by atoms with Crippen LogP contribution in [0.5, 0.6) is 0 Å². The Morgan fingerprint density at radius 3 is 1.89 bits per heavy atom. The first-order chi connectivity index (χ1) is 26.2. The van der Waals surface area contributed by atoms with Gasteiger partial charge in [0.15, 0.2) is 5.84 Å². The smallest absolute Gasteiger partial charge is 0.160 e. The number of rotatable bonds is 5. The zero-order chi connectivity index (χ0) is 35.3. The summed E-state index contributed by atoms with van der Waals surface area (Å²) in [6.07, 6.45) is 3.10. The summed E-state index contributed by atoms with van der Waals surface area (Å²) < 4.78 is 9.54. The molecular weight excluding hydrogens is 665 g/mol. The molecule has 1 aliphatic heterocycles. The molecule has 0 radical (unpaired) electrons. The monoisotopic (exact) mass is 698 g/mol. The molecule has 0 spiro atoms. The summed E-state index contributed by atoms with van der Waals surface area (Å²) in [5.41, 5.74) is 11.4. The predicted molar refractivity (Wildman–Crippen MR) is 225 cm³/mol. The number of hydrogen-bond acceptors (Lipinski definition) is 4.